The third kappa shape index (κ3) is 12.6. The molecule has 0 N–H and O–H groups in total. The fraction of sp³-hybridized carbons (Fsp3) is 0. The maximum Gasteiger partial charge on any atom is 0.136 e. The minimum atomic E-state index is 0.914. The summed E-state index contributed by atoms with van der Waals surface area (Å²) in [5, 5.41) is 17.7. The Hall–Kier alpha value is -16.2. The Labute approximate surface area is 739 Å². The van der Waals surface area contributed by atoms with Gasteiger partial charge >= 0.3 is 0 Å². The Balaban J connectivity index is 0.000000104. The van der Waals surface area contributed by atoms with Crippen LogP contribution >= 0.6 is 22.7 Å². The first-order valence-electron chi connectivity index (χ1n) is 43.2. The zero-order valence-electron chi connectivity index (χ0n) is 68.8. The third-order valence-electron chi connectivity index (χ3n) is 25.5. The van der Waals surface area contributed by atoms with Crippen LogP contribution in [0.5, 0.6) is 0 Å². The van der Waals surface area contributed by atoms with Crippen LogP contribution in [0.15, 0.2) is 459 Å². The highest BCUT2D eigenvalue weighted by Crippen LogP contribution is 2.46. The van der Waals surface area contributed by atoms with Crippen molar-refractivity contribution in [2.45, 2.75) is 0 Å². The van der Waals surface area contributed by atoms with Crippen molar-refractivity contribution < 1.29 is 4.42 Å². The third-order valence-corrected chi connectivity index (χ3v) is 27.8. The van der Waals surface area contributed by atoms with Gasteiger partial charge in [0, 0.05) is 128 Å². The molecule has 8 aromatic heterocycles. The summed E-state index contributed by atoms with van der Waals surface area (Å²) in [4.78, 5) is 5.06. The van der Waals surface area contributed by atoms with E-state index in [0.29, 0.717) is 0 Å². The molecule has 594 valence electrons. The molecule has 0 fully saturated rings. The molecule has 0 amide bonds. The zero-order valence-corrected chi connectivity index (χ0v) is 70.4. The molecule has 0 radical (unpaired) electrons. The van der Waals surface area contributed by atoms with E-state index in [2.05, 4.69) is 449 Å². The van der Waals surface area contributed by atoms with Crippen LogP contribution in [0, 0.1) is 0 Å². The Morgan fingerprint density at radius 1 is 0.157 bits per heavy atom. The van der Waals surface area contributed by atoms with Crippen molar-refractivity contribution in [2.24, 2.45) is 0 Å². The Morgan fingerprint density at radius 3 is 0.819 bits per heavy atom. The predicted octanol–water partition coefficient (Wildman–Crippen LogP) is 33.5. The molecule has 19 aromatic carbocycles. The topological polar surface area (TPSA) is 45.8 Å². The van der Waals surface area contributed by atoms with Crippen molar-refractivity contribution in [3.8, 4) is 89.8 Å². The molecule has 0 saturated heterocycles. The number of fused-ring (bicyclic) bond motifs is 21. The number of furan rings is 1. The van der Waals surface area contributed by atoms with Crippen molar-refractivity contribution in [3.63, 3.8) is 0 Å². The van der Waals surface area contributed by atoms with Gasteiger partial charge in [0.1, 0.15) is 11.2 Å². The lowest BCUT2D eigenvalue weighted by atomic mass is 9.93. The quantitative estimate of drug-likeness (QED) is 0.137. The molecule has 0 aliphatic carbocycles. The summed E-state index contributed by atoms with van der Waals surface area (Å²) >= 11 is 3.76. The average Bonchev–Trinajstić information content (AvgIpc) is 1.58. The first-order chi connectivity index (χ1) is 62.9. The van der Waals surface area contributed by atoms with E-state index in [1.165, 1.54) is 178 Å². The number of hydrogen-bond donors (Lipinski definition) is 0. The lowest BCUT2D eigenvalue weighted by Crippen LogP contribution is -1.97. The van der Waals surface area contributed by atoms with Crippen LogP contribution in [0.4, 0.5) is 0 Å². The summed E-state index contributed by atoms with van der Waals surface area (Å²) in [6.07, 6.45) is 0. The highest BCUT2D eigenvalue weighted by molar-refractivity contribution is 7.26. The number of hydrogen-bond acceptors (Lipinski definition) is 4. The lowest BCUT2D eigenvalue weighted by molar-refractivity contribution is 0.669. The van der Waals surface area contributed by atoms with E-state index in [1.807, 2.05) is 46.9 Å². The van der Waals surface area contributed by atoms with Gasteiger partial charge in [-0.3, -0.25) is 0 Å². The van der Waals surface area contributed by atoms with Crippen molar-refractivity contribution in [3.05, 3.63) is 455 Å². The summed E-state index contributed by atoms with van der Waals surface area (Å²) in [5.74, 6) is 0. The van der Waals surface area contributed by atoms with Crippen LogP contribution < -0.4 is 0 Å². The van der Waals surface area contributed by atoms with E-state index in [4.69, 9.17) is 9.40 Å². The second kappa shape index (κ2) is 30.4. The van der Waals surface area contributed by atoms with Gasteiger partial charge in [0.05, 0.1) is 55.5 Å². The molecule has 8 heterocycles. The number of benzene rings is 19. The van der Waals surface area contributed by atoms with E-state index in [-0.39, 0.29) is 0 Å². The molecule has 0 atom stereocenters. The molecular weight excluding hydrogens is 1580 g/mol. The molecule has 6 nitrogen and oxygen atoms in total. The molecular formula is C119H75N5OS2. The van der Waals surface area contributed by atoms with Crippen molar-refractivity contribution in [1.29, 1.82) is 0 Å². The van der Waals surface area contributed by atoms with Gasteiger partial charge in [-0.05, 0) is 208 Å². The molecule has 0 unspecified atom stereocenters. The van der Waals surface area contributed by atoms with Gasteiger partial charge in [-0.15, -0.1) is 22.7 Å². The summed E-state index contributed by atoms with van der Waals surface area (Å²) in [6, 6.07) is 164. The SMILES string of the molecule is c1ccc(-c2cc(-c3ccc(-n4c5ccccc5c5cc6oc7ccccc7c6cc54)cc3)cc(-c3ccccc3)n2)cc1.c1ccc(-c2cc(-c3ccccc3)cc(-c3ccc(-n4c5ccccc5c5cc6sc7ccccc7c6cc54)cc3)c2)cc1.c1ccc2c(c1)sc1cc3c4ccccc4n(-c4ccc(-n5c6ccccc6c6ccccc65)cc4)c3cc12. The summed E-state index contributed by atoms with van der Waals surface area (Å²) in [6.45, 7) is 0. The Kier molecular flexibility index (Phi) is 17.6. The standard InChI is InChI=1S/C42H27NS.C41H26N2O.C36H22N2S/c1-3-11-28(12-4-1)31-23-32(29-13-5-2-6-14-29)25-33(24-31)30-19-21-34(22-20-30)43-39-17-9-7-15-35(39)37-27-42-38(26-40(37)43)36-16-8-10-18-41(36)44-42;1-3-11-28(12-4-1)36-23-30(24-37(42-36)29-13-5-2-6-14-29)27-19-21-31(22-20-27)43-38-17-9-7-15-32(38)34-26-41-35(25-39(34)43)33-16-8-10-18-40(33)44-41;1-5-13-31-25(9-1)26-10-2-6-14-32(26)37(31)23-17-19-24(20-18-23)38-33-15-7-3-11-27(33)29-22-36-30(21-34(29)38)28-12-4-8-16-35(28)39-36/h1-27H;1-26H;1-22H. The van der Waals surface area contributed by atoms with Gasteiger partial charge in [-0.2, -0.15) is 0 Å². The smallest absolute Gasteiger partial charge is 0.136 e. The monoisotopic (exact) mass is 1650 g/mol. The fourth-order valence-corrected chi connectivity index (χ4v) is 21.8. The normalized spacial score (nSPS) is 11.8. The second-order valence-electron chi connectivity index (χ2n) is 32.8. The van der Waals surface area contributed by atoms with Crippen LogP contribution in [0.3, 0.4) is 0 Å². The molecule has 0 aliphatic heterocycles. The molecule has 0 bridgehead atoms. The van der Waals surface area contributed by atoms with Gasteiger partial charge in [0.15, 0.2) is 0 Å². The Bertz CT molecular complexity index is 8460. The van der Waals surface area contributed by atoms with Crippen LogP contribution in [-0.2, 0) is 0 Å². The first kappa shape index (κ1) is 73.5. The van der Waals surface area contributed by atoms with E-state index in [9.17, 15) is 0 Å². The number of thiophene rings is 2. The van der Waals surface area contributed by atoms with Gasteiger partial charge < -0.3 is 22.7 Å². The van der Waals surface area contributed by atoms with Crippen LogP contribution in [-0.4, -0.2) is 23.3 Å². The van der Waals surface area contributed by atoms with Gasteiger partial charge in [-0.1, -0.05) is 291 Å². The number of aromatic nitrogens is 5. The van der Waals surface area contributed by atoms with Crippen LogP contribution in [0.2, 0.25) is 0 Å². The van der Waals surface area contributed by atoms with Crippen LogP contribution in [0.25, 0.3) is 239 Å². The number of pyridine rings is 1. The van der Waals surface area contributed by atoms with Crippen molar-refractivity contribution in [1.82, 2.24) is 23.3 Å². The second-order valence-corrected chi connectivity index (χ2v) is 35.0. The largest absolute Gasteiger partial charge is 0.456 e. The molecule has 0 saturated carbocycles. The minimum Gasteiger partial charge on any atom is -0.456 e. The molecule has 27 rings (SSSR count). The highest BCUT2D eigenvalue weighted by atomic mass is 32.1. The summed E-state index contributed by atoms with van der Waals surface area (Å²) < 4.78 is 21.2. The maximum atomic E-state index is 6.26. The molecule has 127 heavy (non-hydrogen) atoms. The average molecular weight is 1660 g/mol. The van der Waals surface area contributed by atoms with E-state index in [0.717, 1.165) is 61.3 Å². The van der Waals surface area contributed by atoms with E-state index < -0.39 is 0 Å². The minimum absolute atomic E-state index is 0.914. The number of rotatable bonds is 10. The summed E-state index contributed by atoms with van der Waals surface area (Å²) in [7, 11) is 0. The molecule has 8 heteroatoms. The number of para-hydroxylation sites is 6. The molecule has 27 aromatic rings. The Morgan fingerprint density at radius 2 is 0.433 bits per heavy atom. The van der Waals surface area contributed by atoms with Crippen molar-refractivity contribution in [2.75, 3.05) is 0 Å². The summed E-state index contributed by atoms with van der Waals surface area (Å²) in [5.41, 5.74) is 29.9. The van der Waals surface area contributed by atoms with E-state index >= 15 is 0 Å². The van der Waals surface area contributed by atoms with Crippen LogP contribution in [0.1, 0.15) is 0 Å². The van der Waals surface area contributed by atoms with E-state index in [1.54, 1.807) is 0 Å². The van der Waals surface area contributed by atoms with Crippen molar-refractivity contribution >= 4 is 172 Å². The molecule has 0 aliphatic rings. The fourth-order valence-electron chi connectivity index (χ4n) is 19.6. The maximum absolute atomic E-state index is 6.26. The zero-order chi connectivity index (χ0) is 83.6. The van der Waals surface area contributed by atoms with Gasteiger partial charge in [0.2, 0.25) is 0 Å². The predicted molar refractivity (Wildman–Crippen MR) is 540 cm³/mol. The molecule has 0 spiro atoms. The first-order valence-corrected chi connectivity index (χ1v) is 44.8. The number of nitrogens with zero attached hydrogens (tertiary/aromatic N) is 5. The van der Waals surface area contributed by atoms with Gasteiger partial charge in [0.25, 0.3) is 0 Å². The van der Waals surface area contributed by atoms with Gasteiger partial charge in [-0.25, -0.2) is 4.98 Å². The lowest BCUT2D eigenvalue weighted by Gasteiger charge is -2.13. The highest BCUT2D eigenvalue weighted by Gasteiger charge is 2.23.